The molecule has 4 aromatic rings. The first-order valence-corrected chi connectivity index (χ1v) is 15.4. The van der Waals surface area contributed by atoms with Crippen LogP contribution in [0.5, 0.6) is 11.5 Å². The standard InChI is InChI=1S/C34H33BrN6O5/c1-44-30-10-5-2-7-25(30)22-37-40-33(43)34(21-23-11-15-26(35)16-12-23)31(28-8-3-4-9-29(28)39-41-36)46-32(38-34)24-13-17-27(18-14-24)45-20-6-19-42/h2-5,7-18,31,37,42H,6,19-22H2,1H3,(H,40,43)/t31-,34-/m0/s1. The normalized spacial score (nSPS) is 16.9. The van der Waals surface area contributed by atoms with Crippen LogP contribution < -0.4 is 20.3 Å². The second kappa shape index (κ2) is 15.4. The minimum Gasteiger partial charge on any atom is -0.496 e. The van der Waals surface area contributed by atoms with Gasteiger partial charge in [0.05, 0.1) is 13.7 Å². The van der Waals surface area contributed by atoms with Crippen molar-refractivity contribution in [2.75, 3.05) is 20.3 Å². The number of nitrogens with one attached hydrogen (secondary N) is 2. The number of methoxy groups -OCH3 is 1. The Morgan fingerprint density at radius 1 is 1.07 bits per heavy atom. The Morgan fingerprint density at radius 3 is 2.54 bits per heavy atom. The third kappa shape index (κ3) is 7.49. The molecule has 0 radical (unpaired) electrons. The number of rotatable bonds is 14. The van der Waals surface area contributed by atoms with E-state index in [1.54, 1.807) is 55.6 Å². The predicted molar refractivity (Wildman–Crippen MR) is 178 cm³/mol. The van der Waals surface area contributed by atoms with Gasteiger partial charge < -0.3 is 19.3 Å². The summed E-state index contributed by atoms with van der Waals surface area (Å²) in [6, 6.07) is 29.3. The van der Waals surface area contributed by atoms with Crippen molar-refractivity contribution in [1.82, 2.24) is 10.9 Å². The molecule has 1 aliphatic rings. The van der Waals surface area contributed by atoms with Crippen molar-refractivity contribution in [2.24, 2.45) is 10.1 Å². The number of hydrazine groups is 1. The molecule has 2 atom stereocenters. The van der Waals surface area contributed by atoms with Gasteiger partial charge in [0.2, 0.25) is 5.90 Å². The van der Waals surface area contributed by atoms with Gasteiger partial charge in [-0.25, -0.2) is 10.4 Å². The minimum absolute atomic E-state index is 0.0394. The fourth-order valence-electron chi connectivity index (χ4n) is 5.20. The van der Waals surface area contributed by atoms with Crippen molar-refractivity contribution in [1.29, 1.82) is 0 Å². The zero-order valence-corrected chi connectivity index (χ0v) is 26.7. The van der Waals surface area contributed by atoms with Crippen LogP contribution in [0.15, 0.2) is 112 Å². The Hall–Kier alpha value is -4.87. The van der Waals surface area contributed by atoms with Crippen LogP contribution in [-0.4, -0.2) is 42.8 Å². The van der Waals surface area contributed by atoms with Crippen molar-refractivity contribution >= 4 is 33.4 Å². The molecule has 46 heavy (non-hydrogen) atoms. The second-order valence-corrected chi connectivity index (χ2v) is 11.4. The average Bonchev–Trinajstić information content (AvgIpc) is 3.47. The van der Waals surface area contributed by atoms with E-state index in [1.165, 1.54) is 0 Å². The number of amides is 1. The summed E-state index contributed by atoms with van der Waals surface area (Å²) in [6.07, 6.45) is -0.270. The summed E-state index contributed by atoms with van der Waals surface area (Å²) in [6.45, 7) is 0.709. The van der Waals surface area contributed by atoms with Crippen LogP contribution in [-0.2, 0) is 22.5 Å². The molecule has 0 aromatic heterocycles. The average molecular weight is 686 g/mol. The number of aliphatic hydroxyl groups is 1. The molecule has 4 aromatic carbocycles. The molecule has 3 N–H and O–H groups in total. The van der Waals surface area contributed by atoms with Crippen LogP contribution in [0, 0.1) is 0 Å². The van der Waals surface area contributed by atoms with E-state index in [1.807, 2.05) is 48.5 Å². The maximum Gasteiger partial charge on any atom is 0.266 e. The van der Waals surface area contributed by atoms with E-state index in [2.05, 4.69) is 36.8 Å². The number of aliphatic hydroxyl groups excluding tert-OH is 1. The highest BCUT2D eigenvalue weighted by Gasteiger charge is 2.54. The van der Waals surface area contributed by atoms with E-state index in [-0.39, 0.29) is 18.9 Å². The van der Waals surface area contributed by atoms with E-state index in [0.29, 0.717) is 47.9 Å². The quantitative estimate of drug-likeness (QED) is 0.0455. The summed E-state index contributed by atoms with van der Waals surface area (Å²) in [7, 11) is 1.59. The molecule has 11 nitrogen and oxygen atoms in total. The molecule has 5 rings (SSSR count). The van der Waals surface area contributed by atoms with Gasteiger partial charge in [-0.15, -0.1) is 0 Å². The Bertz CT molecular complexity index is 1730. The molecule has 0 spiro atoms. The molecule has 12 heteroatoms. The molecule has 236 valence electrons. The summed E-state index contributed by atoms with van der Waals surface area (Å²) in [5.74, 6) is 1.12. The lowest BCUT2D eigenvalue weighted by molar-refractivity contribution is -0.130. The third-order valence-electron chi connectivity index (χ3n) is 7.46. The van der Waals surface area contributed by atoms with Gasteiger partial charge in [0.25, 0.3) is 5.91 Å². The summed E-state index contributed by atoms with van der Waals surface area (Å²) < 4.78 is 18.6. The molecule has 0 unspecified atom stereocenters. The largest absolute Gasteiger partial charge is 0.496 e. The summed E-state index contributed by atoms with van der Waals surface area (Å²) in [5, 5.41) is 13.0. The third-order valence-corrected chi connectivity index (χ3v) is 7.99. The zero-order chi connectivity index (χ0) is 32.4. The van der Waals surface area contributed by atoms with Crippen molar-refractivity contribution in [3.63, 3.8) is 0 Å². The SMILES string of the molecule is COc1ccccc1CNNC(=O)[C@@]1(Cc2ccc(Br)cc2)N=C(c2ccc(OCCCO)cc2)O[C@H]1c1ccccc1N=[N+]=[N-]. The number of ether oxygens (including phenoxy) is 3. The summed E-state index contributed by atoms with van der Waals surface area (Å²) >= 11 is 3.49. The van der Waals surface area contributed by atoms with Crippen LogP contribution in [0.3, 0.4) is 0 Å². The lowest BCUT2D eigenvalue weighted by atomic mass is 9.81. The minimum atomic E-state index is -1.52. The maximum absolute atomic E-state index is 14.5. The molecule has 0 saturated carbocycles. The fraction of sp³-hybridized carbons (Fsp3) is 0.235. The summed E-state index contributed by atoms with van der Waals surface area (Å²) in [5.41, 5.74) is 16.9. The van der Waals surface area contributed by atoms with Gasteiger partial charge in [0, 0.05) is 57.8 Å². The number of nitrogens with zero attached hydrogens (tertiary/aromatic N) is 4. The maximum atomic E-state index is 14.5. The van der Waals surface area contributed by atoms with E-state index in [4.69, 9.17) is 24.3 Å². The van der Waals surface area contributed by atoms with Crippen molar-refractivity contribution in [2.45, 2.75) is 31.0 Å². The first-order chi connectivity index (χ1) is 22.5. The van der Waals surface area contributed by atoms with Gasteiger partial charge in [0.15, 0.2) is 11.6 Å². The lowest BCUT2D eigenvalue weighted by Crippen LogP contribution is -2.53. The number of benzene rings is 4. The Morgan fingerprint density at radius 2 is 1.80 bits per heavy atom. The molecule has 1 amide bonds. The smallest absolute Gasteiger partial charge is 0.266 e. The molecular weight excluding hydrogens is 652 g/mol. The van der Waals surface area contributed by atoms with Gasteiger partial charge in [-0.2, -0.15) is 0 Å². The predicted octanol–water partition coefficient (Wildman–Crippen LogP) is 6.48. The highest BCUT2D eigenvalue weighted by Crippen LogP contribution is 2.45. The van der Waals surface area contributed by atoms with E-state index >= 15 is 0 Å². The number of hydrogen-bond donors (Lipinski definition) is 3. The van der Waals surface area contributed by atoms with Gasteiger partial charge in [-0.3, -0.25) is 10.2 Å². The van der Waals surface area contributed by atoms with Crippen molar-refractivity contribution in [3.8, 4) is 11.5 Å². The van der Waals surface area contributed by atoms with Crippen LogP contribution >= 0.6 is 15.9 Å². The molecule has 1 heterocycles. The van der Waals surface area contributed by atoms with E-state index in [0.717, 1.165) is 15.6 Å². The number of hydrogen-bond acceptors (Lipinski definition) is 8. The van der Waals surface area contributed by atoms with E-state index < -0.39 is 17.6 Å². The molecule has 0 aliphatic carbocycles. The number of halogens is 1. The van der Waals surface area contributed by atoms with Crippen LogP contribution in [0.2, 0.25) is 0 Å². The van der Waals surface area contributed by atoms with E-state index in [9.17, 15) is 10.3 Å². The highest BCUT2D eigenvalue weighted by atomic mass is 79.9. The van der Waals surface area contributed by atoms with Crippen LogP contribution in [0.4, 0.5) is 5.69 Å². The molecule has 0 bridgehead atoms. The number of aliphatic imine (C=N–C) groups is 1. The van der Waals surface area contributed by atoms with Gasteiger partial charge in [0.1, 0.15) is 11.5 Å². The van der Waals surface area contributed by atoms with Crippen molar-refractivity contribution < 1.29 is 24.1 Å². The Labute approximate surface area is 275 Å². The first-order valence-electron chi connectivity index (χ1n) is 14.6. The number of carbonyl (C=O) groups is 1. The molecule has 0 fully saturated rings. The molecule has 0 saturated heterocycles. The Kier molecular flexibility index (Phi) is 10.9. The number of carbonyl (C=O) groups excluding carboxylic acids is 1. The highest BCUT2D eigenvalue weighted by molar-refractivity contribution is 9.10. The van der Waals surface area contributed by atoms with Gasteiger partial charge in [-0.05, 0) is 53.6 Å². The first kappa shape index (κ1) is 32.5. The second-order valence-electron chi connectivity index (χ2n) is 10.5. The van der Waals surface area contributed by atoms with Crippen LogP contribution in [0.1, 0.15) is 34.8 Å². The molecular formula is C34H33BrN6O5. The number of azide groups is 1. The molecule has 1 aliphatic heterocycles. The van der Waals surface area contributed by atoms with Gasteiger partial charge >= 0.3 is 0 Å². The fourth-order valence-corrected chi connectivity index (χ4v) is 5.46. The van der Waals surface area contributed by atoms with Crippen molar-refractivity contribution in [3.05, 3.63) is 134 Å². The summed E-state index contributed by atoms with van der Waals surface area (Å²) in [4.78, 5) is 22.5. The monoisotopic (exact) mass is 684 g/mol. The topological polar surface area (TPSA) is 150 Å². The van der Waals surface area contributed by atoms with Gasteiger partial charge in [-0.1, -0.05) is 75.6 Å². The lowest BCUT2D eigenvalue weighted by Gasteiger charge is -2.31. The number of para-hydroxylation sites is 1. The Balaban J connectivity index is 1.56. The zero-order valence-electron chi connectivity index (χ0n) is 25.1. The van der Waals surface area contributed by atoms with Crippen LogP contribution in [0.25, 0.3) is 10.4 Å².